The summed E-state index contributed by atoms with van der Waals surface area (Å²) in [5, 5.41) is 0. The maximum atomic E-state index is 12.4. The van der Waals surface area contributed by atoms with E-state index in [4.69, 9.17) is 5.73 Å². The number of nitrogens with two attached hydrogens (primary N) is 1. The van der Waals surface area contributed by atoms with Crippen LogP contribution in [0.1, 0.15) is 24.8 Å². The number of nitrogens with zero attached hydrogens (tertiary/aromatic N) is 2. The Morgan fingerprint density at radius 2 is 1.83 bits per heavy atom. The van der Waals surface area contributed by atoms with Crippen molar-refractivity contribution in [3.63, 3.8) is 0 Å². The first kappa shape index (κ1) is 16.4. The van der Waals surface area contributed by atoms with Crippen LogP contribution < -0.4 is 15.5 Å². The Kier molecular flexibility index (Phi) is 5.04. The summed E-state index contributed by atoms with van der Waals surface area (Å²) in [4.78, 5) is 16.4. The van der Waals surface area contributed by atoms with E-state index in [-0.39, 0.29) is 5.91 Å². The van der Waals surface area contributed by atoms with Crippen LogP contribution >= 0.6 is 0 Å². The lowest BCUT2D eigenvalue weighted by molar-refractivity contribution is -0.118. The molecule has 1 aliphatic rings. The fourth-order valence-electron chi connectivity index (χ4n) is 3.22. The third-order valence-corrected chi connectivity index (χ3v) is 4.68. The van der Waals surface area contributed by atoms with Gasteiger partial charge in [-0.25, -0.2) is 0 Å². The Morgan fingerprint density at radius 3 is 2.50 bits per heavy atom. The number of rotatable bonds is 5. The number of carbonyl (C=O) groups is 1. The molecule has 2 aromatic carbocycles. The monoisotopic (exact) mass is 323 g/mol. The minimum Gasteiger partial charge on any atom is -0.397 e. The lowest BCUT2D eigenvalue weighted by Crippen LogP contribution is -2.26. The number of hydrogen-bond donors (Lipinski definition) is 1. The van der Waals surface area contributed by atoms with Crippen molar-refractivity contribution in [2.24, 2.45) is 0 Å². The highest BCUT2D eigenvalue weighted by Crippen LogP contribution is 2.28. The van der Waals surface area contributed by atoms with Crippen LogP contribution in [0.25, 0.3) is 0 Å². The molecule has 0 spiro atoms. The molecule has 126 valence electrons. The number of carbonyl (C=O) groups excluding carboxylic acids is 1. The van der Waals surface area contributed by atoms with Gasteiger partial charge in [0.1, 0.15) is 0 Å². The fourth-order valence-corrected chi connectivity index (χ4v) is 3.22. The Bertz CT molecular complexity index is 693. The predicted octanol–water partition coefficient (Wildman–Crippen LogP) is 3.46. The number of para-hydroxylation sites is 1. The van der Waals surface area contributed by atoms with E-state index < -0.39 is 0 Å². The molecule has 0 bridgehead atoms. The molecule has 0 aliphatic carbocycles. The number of benzene rings is 2. The highest BCUT2D eigenvalue weighted by Gasteiger charge is 2.15. The van der Waals surface area contributed by atoms with Crippen LogP contribution in [-0.2, 0) is 11.2 Å². The van der Waals surface area contributed by atoms with Crippen molar-refractivity contribution in [3.05, 3.63) is 54.1 Å². The first-order valence-corrected chi connectivity index (χ1v) is 8.60. The Hall–Kier alpha value is -2.49. The van der Waals surface area contributed by atoms with Gasteiger partial charge in [0.05, 0.1) is 11.4 Å². The maximum absolute atomic E-state index is 12.4. The van der Waals surface area contributed by atoms with Crippen LogP contribution in [0.3, 0.4) is 0 Å². The van der Waals surface area contributed by atoms with E-state index in [1.54, 1.807) is 4.90 Å². The zero-order valence-corrected chi connectivity index (χ0v) is 14.2. The van der Waals surface area contributed by atoms with E-state index in [0.717, 1.165) is 35.7 Å². The standard InChI is InChI=1S/C20H25N3O/c1-22(17-7-3-2-4-8-17)20(24)12-10-16-9-11-19(18(21)15-16)23-13-5-6-14-23/h2-4,7-9,11,15H,5-6,10,12-14,21H2,1H3. The van der Waals surface area contributed by atoms with Gasteiger partial charge in [-0.3, -0.25) is 4.79 Å². The molecule has 2 aromatic rings. The van der Waals surface area contributed by atoms with Gasteiger partial charge in [-0.1, -0.05) is 24.3 Å². The molecule has 2 N–H and O–H groups in total. The van der Waals surface area contributed by atoms with Crippen molar-refractivity contribution in [2.45, 2.75) is 25.7 Å². The van der Waals surface area contributed by atoms with Crippen molar-refractivity contribution in [3.8, 4) is 0 Å². The van der Waals surface area contributed by atoms with Gasteiger partial charge in [-0.05, 0) is 49.1 Å². The quantitative estimate of drug-likeness (QED) is 0.857. The fraction of sp³-hybridized carbons (Fsp3) is 0.350. The van der Waals surface area contributed by atoms with Gasteiger partial charge < -0.3 is 15.5 Å². The summed E-state index contributed by atoms with van der Waals surface area (Å²) in [6.45, 7) is 2.17. The van der Waals surface area contributed by atoms with Crippen molar-refractivity contribution in [1.82, 2.24) is 0 Å². The molecule has 0 unspecified atom stereocenters. The molecule has 0 aromatic heterocycles. The molecule has 1 aliphatic heterocycles. The number of nitrogen functional groups attached to an aromatic ring is 1. The largest absolute Gasteiger partial charge is 0.397 e. The van der Waals surface area contributed by atoms with Gasteiger partial charge in [-0.2, -0.15) is 0 Å². The smallest absolute Gasteiger partial charge is 0.227 e. The van der Waals surface area contributed by atoms with Gasteiger partial charge in [0.25, 0.3) is 0 Å². The van der Waals surface area contributed by atoms with Gasteiger partial charge >= 0.3 is 0 Å². The lowest BCUT2D eigenvalue weighted by atomic mass is 10.1. The molecule has 0 atom stereocenters. The summed E-state index contributed by atoms with van der Waals surface area (Å²) in [7, 11) is 1.82. The summed E-state index contributed by atoms with van der Waals surface area (Å²) in [6.07, 6.45) is 3.66. The Balaban J connectivity index is 1.60. The third kappa shape index (κ3) is 3.70. The summed E-state index contributed by atoms with van der Waals surface area (Å²) < 4.78 is 0. The second-order valence-corrected chi connectivity index (χ2v) is 6.38. The molecule has 24 heavy (non-hydrogen) atoms. The lowest BCUT2D eigenvalue weighted by Gasteiger charge is -2.20. The predicted molar refractivity (Wildman–Crippen MR) is 100 cm³/mol. The highest BCUT2D eigenvalue weighted by atomic mass is 16.2. The average Bonchev–Trinajstić information content (AvgIpc) is 3.14. The van der Waals surface area contributed by atoms with E-state index >= 15 is 0 Å². The Morgan fingerprint density at radius 1 is 1.12 bits per heavy atom. The van der Waals surface area contributed by atoms with Crippen LogP contribution in [0, 0.1) is 0 Å². The molecule has 4 heteroatoms. The number of hydrogen-bond acceptors (Lipinski definition) is 3. The van der Waals surface area contributed by atoms with Crippen LogP contribution in [0.4, 0.5) is 17.1 Å². The minimum absolute atomic E-state index is 0.114. The van der Waals surface area contributed by atoms with Crippen molar-refractivity contribution in [1.29, 1.82) is 0 Å². The summed E-state index contributed by atoms with van der Waals surface area (Å²) in [5.74, 6) is 0.114. The van der Waals surface area contributed by atoms with Crippen LogP contribution in [0.5, 0.6) is 0 Å². The number of aryl methyl sites for hydroxylation is 1. The molecular formula is C20H25N3O. The topological polar surface area (TPSA) is 49.6 Å². The zero-order valence-electron chi connectivity index (χ0n) is 14.2. The van der Waals surface area contributed by atoms with Gasteiger partial charge in [-0.15, -0.1) is 0 Å². The van der Waals surface area contributed by atoms with E-state index in [1.165, 1.54) is 12.8 Å². The van der Waals surface area contributed by atoms with Gasteiger partial charge in [0.2, 0.25) is 5.91 Å². The van der Waals surface area contributed by atoms with Crippen molar-refractivity contribution in [2.75, 3.05) is 35.7 Å². The van der Waals surface area contributed by atoms with Gasteiger partial charge in [0, 0.05) is 32.2 Å². The zero-order chi connectivity index (χ0) is 16.9. The minimum atomic E-state index is 0.114. The van der Waals surface area contributed by atoms with E-state index in [0.29, 0.717) is 12.8 Å². The van der Waals surface area contributed by atoms with E-state index in [9.17, 15) is 4.79 Å². The summed E-state index contributed by atoms with van der Waals surface area (Å²) in [6, 6.07) is 15.9. The summed E-state index contributed by atoms with van der Waals surface area (Å²) in [5.41, 5.74) is 10.2. The molecule has 1 saturated heterocycles. The van der Waals surface area contributed by atoms with E-state index in [1.807, 2.05) is 43.4 Å². The van der Waals surface area contributed by atoms with Crippen LogP contribution in [0.15, 0.2) is 48.5 Å². The van der Waals surface area contributed by atoms with E-state index in [2.05, 4.69) is 17.0 Å². The molecule has 3 rings (SSSR count). The van der Waals surface area contributed by atoms with Crippen molar-refractivity contribution < 1.29 is 4.79 Å². The molecule has 0 saturated carbocycles. The highest BCUT2D eigenvalue weighted by molar-refractivity contribution is 5.92. The molecular weight excluding hydrogens is 298 g/mol. The van der Waals surface area contributed by atoms with Crippen LogP contribution in [0.2, 0.25) is 0 Å². The second-order valence-electron chi connectivity index (χ2n) is 6.38. The van der Waals surface area contributed by atoms with Crippen LogP contribution in [-0.4, -0.2) is 26.0 Å². The second kappa shape index (κ2) is 7.39. The Labute approximate surface area is 143 Å². The molecule has 0 radical (unpaired) electrons. The molecule has 1 heterocycles. The van der Waals surface area contributed by atoms with Crippen molar-refractivity contribution >= 4 is 23.0 Å². The average molecular weight is 323 g/mol. The molecule has 1 fully saturated rings. The third-order valence-electron chi connectivity index (χ3n) is 4.68. The van der Waals surface area contributed by atoms with Gasteiger partial charge in [0.15, 0.2) is 0 Å². The first-order valence-electron chi connectivity index (χ1n) is 8.60. The normalized spacial score (nSPS) is 14.0. The molecule has 4 nitrogen and oxygen atoms in total. The molecule has 1 amide bonds. The first-order chi connectivity index (χ1) is 11.6. The maximum Gasteiger partial charge on any atom is 0.227 e. The summed E-state index contributed by atoms with van der Waals surface area (Å²) >= 11 is 0. The SMILES string of the molecule is CN(C(=O)CCc1ccc(N2CCCC2)c(N)c1)c1ccccc1. The number of amides is 1. The number of anilines is 3.